The van der Waals surface area contributed by atoms with E-state index in [0.29, 0.717) is 18.4 Å². The van der Waals surface area contributed by atoms with Gasteiger partial charge in [-0.05, 0) is 37.5 Å². The van der Waals surface area contributed by atoms with Crippen LogP contribution in [-0.4, -0.2) is 39.7 Å². The van der Waals surface area contributed by atoms with Gasteiger partial charge in [-0.15, -0.1) is 0 Å². The fraction of sp³-hybridized carbons (Fsp3) is 0.333. The van der Waals surface area contributed by atoms with Crippen LogP contribution in [-0.2, 0) is 15.8 Å². The highest BCUT2D eigenvalue weighted by molar-refractivity contribution is 6.42. The van der Waals surface area contributed by atoms with E-state index in [1.165, 1.54) is 13.2 Å². The van der Waals surface area contributed by atoms with Gasteiger partial charge in [-0.25, -0.2) is 4.79 Å². The Bertz CT molecular complexity index is 1050. The van der Waals surface area contributed by atoms with E-state index in [9.17, 15) is 28.2 Å². The molecule has 3 rings (SSSR count). The maximum atomic E-state index is 13.1. The molecule has 31 heavy (non-hydrogen) atoms. The second-order valence-electron chi connectivity index (χ2n) is 7.05. The zero-order valence-electron chi connectivity index (χ0n) is 16.7. The van der Waals surface area contributed by atoms with Crippen molar-refractivity contribution in [1.82, 2.24) is 4.98 Å². The highest BCUT2D eigenvalue weighted by Gasteiger charge is 2.34. The van der Waals surface area contributed by atoms with E-state index in [4.69, 9.17) is 0 Å². The highest BCUT2D eigenvalue weighted by Crippen LogP contribution is 2.36. The van der Waals surface area contributed by atoms with Gasteiger partial charge < -0.3 is 15.1 Å². The fourth-order valence-electron chi connectivity index (χ4n) is 3.21. The third kappa shape index (κ3) is 5.08. The standard InChI is InChI=1S/C21H20F3N3O4/c1-11-4-3-5-14(18(20(29)30)27-31-2)16(11)19(28)26-17(12-6-7-12)15-10-13(8-9-25-15)21(22,23)24/h3-5,8-10,12,19,28H,6-7H2,1-2H3,(H,29,30)/b26-17+,27-18+. The Labute approximate surface area is 175 Å². The van der Waals surface area contributed by atoms with E-state index in [-0.39, 0.29) is 28.5 Å². The van der Waals surface area contributed by atoms with Crippen molar-refractivity contribution in [3.05, 3.63) is 64.5 Å². The Morgan fingerprint density at radius 1 is 1.29 bits per heavy atom. The topological polar surface area (TPSA) is 104 Å². The first-order valence-electron chi connectivity index (χ1n) is 9.37. The van der Waals surface area contributed by atoms with E-state index in [2.05, 4.69) is 20.0 Å². The lowest BCUT2D eigenvalue weighted by atomic mass is 9.96. The molecule has 1 fully saturated rings. The second-order valence-corrected chi connectivity index (χ2v) is 7.05. The predicted molar refractivity (Wildman–Crippen MR) is 106 cm³/mol. The number of aromatic nitrogens is 1. The molecule has 7 nitrogen and oxygen atoms in total. The van der Waals surface area contributed by atoms with E-state index in [1.807, 2.05) is 0 Å². The average Bonchev–Trinajstić information content (AvgIpc) is 3.54. The molecule has 0 aliphatic heterocycles. The van der Waals surface area contributed by atoms with Crippen LogP contribution in [0.3, 0.4) is 0 Å². The van der Waals surface area contributed by atoms with E-state index in [0.717, 1.165) is 18.3 Å². The van der Waals surface area contributed by atoms with Crippen LogP contribution < -0.4 is 0 Å². The van der Waals surface area contributed by atoms with Gasteiger partial charge in [-0.3, -0.25) is 9.98 Å². The lowest BCUT2D eigenvalue weighted by Crippen LogP contribution is -2.19. The second kappa shape index (κ2) is 8.84. The van der Waals surface area contributed by atoms with Crippen LogP contribution in [0.2, 0.25) is 0 Å². The lowest BCUT2D eigenvalue weighted by Gasteiger charge is -2.17. The molecule has 2 N–H and O–H groups in total. The number of aliphatic hydroxyl groups excluding tert-OH is 1. The molecule has 10 heteroatoms. The molecule has 1 aromatic heterocycles. The van der Waals surface area contributed by atoms with Crippen LogP contribution in [0.1, 0.15) is 47.0 Å². The van der Waals surface area contributed by atoms with Crippen molar-refractivity contribution >= 4 is 17.4 Å². The minimum atomic E-state index is -4.54. The summed E-state index contributed by atoms with van der Waals surface area (Å²) < 4.78 is 39.4. The number of halogens is 3. The molecular formula is C21H20F3N3O4. The zero-order chi connectivity index (χ0) is 22.8. The lowest BCUT2D eigenvalue weighted by molar-refractivity contribution is -0.137. The summed E-state index contributed by atoms with van der Waals surface area (Å²) in [6.07, 6.45) is -3.62. The number of hydrogen-bond acceptors (Lipinski definition) is 6. The zero-order valence-corrected chi connectivity index (χ0v) is 16.7. The third-order valence-electron chi connectivity index (χ3n) is 4.80. The molecule has 0 amide bonds. The summed E-state index contributed by atoms with van der Waals surface area (Å²) in [7, 11) is 1.19. The monoisotopic (exact) mass is 435 g/mol. The van der Waals surface area contributed by atoms with Gasteiger partial charge in [0.1, 0.15) is 7.11 Å². The van der Waals surface area contributed by atoms with E-state index >= 15 is 0 Å². The minimum Gasteiger partial charge on any atom is -0.476 e. The van der Waals surface area contributed by atoms with Crippen molar-refractivity contribution < 1.29 is 33.0 Å². The van der Waals surface area contributed by atoms with Crippen molar-refractivity contribution in [2.24, 2.45) is 16.1 Å². The van der Waals surface area contributed by atoms with Crippen LogP contribution in [0.25, 0.3) is 0 Å². The molecule has 1 heterocycles. The highest BCUT2D eigenvalue weighted by atomic mass is 19.4. The summed E-state index contributed by atoms with van der Waals surface area (Å²) >= 11 is 0. The number of alkyl halides is 3. The first-order chi connectivity index (χ1) is 14.6. The third-order valence-corrected chi connectivity index (χ3v) is 4.80. The number of aliphatic carboxylic acids is 1. The quantitative estimate of drug-likeness (QED) is 0.509. The Balaban J connectivity index is 2.09. The number of aliphatic hydroxyl groups is 1. The van der Waals surface area contributed by atoms with Gasteiger partial charge in [0.2, 0.25) is 0 Å². The predicted octanol–water partition coefficient (Wildman–Crippen LogP) is 3.73. The van der Waals surface area contributed by atoms with Gasteiger partial charge in [0.25, 0.3) is 0 Å². The summed E-state index contributed by atoms with van der Waals surface area (Å²) in [5.41, 5.74) is -0.226. The number of hydrogen-bond donors (Lipinski definition) is 2. The van der Waals surface area contributed by atoms with Gasteiger partial charge in [0.15, 0.2) is 11.9 Å². The maximum Gasteiger partial charge on any atom is 0.416 e. The molecule has 0 radical (unpaired) electrons. The molecule has 2 aromatic rings. The maximum absolute atomic E-state index is 13.1. The Hall–Kier alpha value is -3.27. The summed E-state index contributed by atoms with van der Waals surface area (Å²) in [5, 5.41) is 23.9. The number of aryl methyl sites for hydroxylation is 1. The van der Waals surface area contributed by atoms with Gasteiger partial charge in [0.05, 0.1) is 17.0 Å². The molecule has 1 saturated carbocycles. The van der Waals surface area contributed by atoms with Crippen LogP contribution in [0.4, 0.5) is 13.2 Å². The van der Waals surface area contributed by atoms with Gasteiger partial charge >= 0.3 is 12.1 Å². The summed E-state index contributed by atoms with van der Waals surface area (Å²) in [5.74, 6) is -1.50. The number of carboxylic acid groups (broad SMARTS) is 1. The number of benzene rings is 1. The van der Waals surface area contributed by atoms with Gasteiger partial charge in [-0.2, -0.15) is 13.2 Å². The Morgan fingerprint density at radius 2 is 2.00 bits per heavy atom. The van der Waals surface area contributed by atoms with Gasteiger partial charge in [0, 0.05) is 23.2 Å². The molecule has 0 bridgehead atoms. The number of carboxylic acids is 1. The van der Waals surface area contributed by atoms with Crippen molar-refractivity contribution in [2.75, 3.05) is 7.11 Å². The first kappa shape index (κ1) is 22.4. The van der Waals surface area contributed by atoms with Crippen LogP contribution in [0, 0.1) is 12.8 Å². The molecule has 1 unspecified atom stereocenters. The molecule has 1 aliphatic carbocycles. The van der Waals surface area contributed by atoms with Crippen molar-refractivity contribution in [3.8, 4) is 0 Å². The van der Waals surface area contributed by atoms with Crippen LogP contribution in [0.15, 0.2) is 46.7 Å². The van der Waals surface area contributed by atoms with Gasteiger partial charge in [-0.1, -0.05) is 23.4 Å². The van der Waals surface area contributed by atoms with E-state index < -0.39 is 29.6 Å². The normalized spacial score (nSPS) is 16.2. The molecule has 0 saturated heterocycles. The van der Waals surface area contributed by atoms with Crippen molar-refractivity contribution in [2.45, 2.75) is 32.2 Å². The Kier molecular flexibility index (Phi) is 6.40. The number of rotatable bonds is 7. The number of nitrogens with zero attached hydrogens (tertiary/aromatic N) is 3. The molecule has 1 atom stereocenters. The molecule has 164 valence electrons. The fourth-order valence-corrected chi connectivity index (χ4v) is 3.21. The smallest absolute Gasteiger partial charge is 0.416 e. The molecule has 1 aliphatic rings. The average molecular weight is 435 g/mol. The van der Waals surface area contributed by atoms with Crippen molar-refractivity contribution in [1.29, 1.82) is 0 Å². The summed E-state index contributed by atoms with van der Waals surface area (Å²) in [4.78, 5) is 24.5. The van der Waals surface area contributed by atoms with Crippen molar-refractivity contribution in [3.63, 3.8) is 0 Å². The largest absolute Gasteiger partial charge is 0.476 e. The molecular weight excluding hydrogens is 415 g/mol. The molecule has 1 aromatic carbocycles. The summed E-state index contributed by atoms with van der Waals surface area (Å²) in [6, 6.07) is 6.46. The first-order valence-corrected chi connectivity index (χ1v) is 9.37. The SMILES string of the molecule is CO/N=C(/C(=O)O)c1cccc(C)c1C(O)/N=C(/c1cc(C(F)(F)F)ccn1)C1CC1. The summed E-state index contributed by atoms with van der Waals surface area (Å²) in [6.45, 7) is 1.66. The van der Waals surface area contributed by atoms with Crippen LogP contribution >= 0.6 is 0 Å². The molecule has 0 spiro atoms. The van der Waals surface area contributed by atoms with E-state index in [1.54, 1.807) is 19.1 Å². The van der Waals surface area contributed by atoms with Crippen LogP contribution in [0.5, 0.6) is 0 Å². The number of carbonyl (C=O) groups is 1. The number of pyridine rings is 1. The minimum absolute atomic E-state index is 0.0236. The Morgan fingerprint density at radius 3 is 2.58 bits per heavy atom. The number of aliphatic imine (C=N–C) groups is 1. The number of oxime groups is 1.